The zero-order valence-electron chi connectivity index (χ0n) is 14.6. The minimum atomic E-state index is -0.396. The van der Waals surface area contributed by atoms with Crippen LogP contribution in [0.1, 0.15) is 18.4 Å². The number of thioether (sulfide) groups is 3. The molecule has 1 aromatic rings. The van der Waals surface area contributed by atoms with Gasteiger partial charge in [-0.25, -0.2) is 0 Å². The van der Waals surface area contributed by atoms with E-state index in [1.165, 1.54) is 0 Å². The molecule has 0 aliphatic carbocycles. The fourth-order valence-electron chi connectivity index (χ4n) is 1.86. The van der Waals surface area contributed by atoms with Crippen LogP contribution in [0.15, 0.2) is 29.3 Å². The van der Waals surface area contributed by atoms with Crippen molar-refractivity contribution in [2.24, 2.45) is 22.2 Å². The number of carbonyl (C=O) groups excluding carboxylic acids is 1. The van der Waals surface area contributed by atoms with Gasteiger partial charge in [0.1, 0.15) is 0 Å². The monoisotopic (exact) mass is 446 g/mol. The van der Waals surface area contributed by atoms with Gasteiger partial charge in [0.2, 0.25) is 0 Å². The van der Waals surface area contributed by atoms with E-state index in [-0.39, 0.29) is 22.1 Å². The molecule has 0 aromatic heterocycles. The third-order valence-corrected chi connectivity index (χ3v) is 5.99. The van der Waals surface area contributed by atoms with Crippen LogP contribution in [0.25, 0.3) is 0 Å². The van der Waals surface area contributed by atoms with Crippen molar-refractivity contribution in [3.63, 3.8) is 0 Å². The average molecular weight is 447 g/mol. The molecule has 7 nitrogen and oxygen atoms in total. The molecule has 1 rings (SSSR count). The van der Waals surface area contributed by atoms with Gasteiger partial charge in [-0.15, -0.1) is 0 Å². The molecule has 0 saturated heterocycles. The van der Waals surface area contributed by atoms with Gasteiger partial charge in [0.05, 0.1) is 16.8 Å². The first kappa shape index (κ1) is 23.8. The number of amidine groups is 2. The van der Waals surface area contributed by atoms with Crippen LogP contribution in [0.4, 0.5) is 0 Å². The summed E-state index contributed by atoms with van der Waals surface area (Å²) < 4.78 is 0. The Hall–Kier alpha value is -1.20. The highest BCUT2D eigenvalue weighted by Gasteiger charge is 2.09. The molecular weight excluding hydrogens is 424 g/mol. The zero-order chi connectivity index (χ0) is 20.2. The molecule has 1 unspecified atom stereocenters. The topological polar surface area (TPSA) is 155 Å². The van der Waals surface area contributed by atoms with E-state index in [0.29, 0.717) is 22.1 Å². The fourth-order valence-corrected chi connectivity index (χ4v) is 4.48. The first-order chi connectivity index (χ1) is 12.8. The normalized spacial score (nSPS) is 12.6. The van der Waals surface area contributed by atoms with E-state index in [0.717, 1.165) is 41.5 Å². The summed E-state index contributed by atoms with van der Waals surface area (Å²) in [6, 6.07) is 7.07. The highest BCUT2D eigenvalue weighted by Crippen LogP contribution is 2.17. The lowest BCUT2D eigenvalue weighted by Gasteiger charge is -2.09. The van der Waals surface area contributed by atoms with Crippen molar-refractivity contribution in [1.29, 1.82) is 10.8 Å². The van der Waals surface area contributed by atoms with E-state index in [2.05, 4.69) is 4.99 Å². The highest BCUT2D eigenvalue weighted by molar-refractivity contribution is 8.26. The maximum atomic E-state index is 11.9. The van der Waals surface area contributed by atoms with E-state index in [4.69, 9.17) is 39.6 Å². The van der Waals surface area contributed by atoms with E-state index < -0.39 is 5.91 Å². The second-order valence-electron chi connectivity index (χ2n) is 5.31. The molecule has 0 fully saturated rings. The third-order valence-electron chi connectivity index (χ3n) is 3.06. The van der Waals surface area contributed by atoms with Crippen molar-refractivity contribution in [1.82, 2.24) is 0 Å². The molecule has 27 heavy (non-hydrogen) atoms. The summed E-state index contributed by atoms with van der Waals surface area (Å²) >= 11 is 9.80. The predicted molar refractivity (Wildman–Crippen MR) is 121 cm³/mol. The van der Waals surface area contributed by atoms with Crippen molar-refractivity contribution in [3.8, 4) is 0 Å². The standard InChI is InChI=1S/C16H23ClN6OS3/c17-11-4-2-1-3-10(11)9-14(24)23-16(22)27-13(19)6-8-25-7-5-12(18)26-15(20)21/h1-4,12,19H,5-9,18H2,(H3,20,21)(H2,22,23,24). The molecule has 0 radical (unpaired) electrons. The molecule has 0 bridgehead atoms. The van der Waals surface area contributed by atoms with Gasteiger partial charge in [0.15, 0.2) is 10.3 Å². The van der Waals surface area contributed by atoms with Gasteiger partial charge in [0, 0.05) is 11.4 Å². The molecule has 0 aliphatic rings. The first-order valence-corrected chi connectivity index (χ1v) is 11.2. The number of hydrogen-bond donors (Lipinski definition) is 5. The number of amides is 1. The number of carbonyl (C=O) groups is 1. The Morgan fingerprint density at radius 3 is 2.59 bits per heavy atom. The van der Waals surface area contributed by atoms with Gasteiger partial charge < -0.3 is 17.2 Å². The molecule has 0 saturated carbocycles. The smallest absolute Gasteiger partial charge is 0.252 e. The number of nitrogens with two attached hydrogens (primary N) is 3. The Bertz CT molecular complexity index is 700. The Balaban J connectivity index is 2.27. The molecule has 11 heteroatoms. The lowest BCUT2D eigenvalue weighted by atomic mass is 10.1. The van der Waals surface area contributed by atoms with Gasteiger partial charge >= 0.3 is 0 Å². The quantitative estimate of drug-likeness (QED) is 0.169. The number of nitrogens with zero attached hydrogens (tertiary/aromatic N) is 1. The summed E-state index contributed by atoms with van der Waals surface area (Å²) in [4.78, 5) is 15.8. The van der Waals surface area contributed by atoms with Crippen molar-refractivity contribution in [2.75, 3.05) is 11.5 Å². The van der Waals surface area contributed by atoms with Crippen LogP contribution in [-0.4, -0.2) is 38.2 Å². The van der Waals surface area contributed by atoms with Crippen LogP contribution in [0.5, 0.6) is 0 Å². The third kappa shape index (κ3) is 11.3. The van der Waals surface area contributed by atoms with Gasteiger partial charge in [-0.3, -0.25) is 15.6 Å². The second-order valence-corrected chi connectivity index (χ2v) is 9.34. The van der Waals surface area contributed by atoms with Crippen molar-refractivity contribution < 1.29 is 4.79 Å². The second kappa shape index (κ2) is 13.1. The molecule has 148 valence electrons. The Kier molecular flexibility index (Phi) is 11.5. The number of rotatable bonds is 9. The minimum Gasteiger partial charge on any atom is -0.379 e. The van der Waals surface area contributed by atoms with E-state index in [1.54, 1.807) is 36.0 Å². The lowest BCUT2D eigenvalue weighted by molar-refractivity contribution is -0.117. The zero-order valence-corrected chi connectivity index (χ0v) is 17.8. The van der Waals surface area contributed by atoms with Gasteiger partial charge in [-0.05, 0) is 41.3 Å². The number of benzene rings is 1. The summed E-state index contributed by atoms with van der Waals surface area (Å²) in [6.45, 7) is 0. The Morgan fingerprint density at radius 1 is 1.22 bits per heavy atom. The molecule has 1 amide bonds. The Labute approximate surface area is 176 Å². The SMILES string of the molecule is N=C(N)SC(N)CCSCCC(=N)SC(N)=NC(=O)Cc1ccccc1Cl. The average Bonchev–Trinajstić information content (AvgIpc) is 2.55. The predicted octanol–water partition coefficient (Wildman–Crippen LogP) is 2.86. The van der Waals surface area contributed by atoms with Gasteiger partial charge in [-0.2, -0.15) is 16.8 Å². The van der Waals surface area contributed by atoms with Crippen LogP contribution in [0.2, 0.25) is 5.02 Å². The molecule has 1 aromatic carbocycles. The maximum Gasteiger partial charge on any atom is 0.252 e. The molecule has 0 aliphatic heterocycles. The van der Waals surface area contributed by atoms with Crippen LogP contribution in [0, 0.1) is 10.8 Å². The summed E-state index contributed by atoms with van der Waals surface area (Å²) in [6.07, 6.45) is 1.33. The minimum absolute atomic E-state index is 0.0181. The summed E-state index contributed by atoms with van der Waals surface area (Å²) in [5, 5.41) is 15.8. The summed E-state index contributed by atoms with van der Waals surface area (Å²) in [5.41, 5.74) is 17.5. The number of nitrogens with one attached hydrogen (secondary N) is 2. The lowest BCUT2D eigenvalue weighted by Crippen LogP contribution is -2.21. The van der Waals surface area contributed by atoms with Crippen molar-refractivity contribution in [3.05, 3.63) is 34.9 Å². The summed E-state index contributed by atoms with van der Waals surface area (Å²) in [7, 11) is 0. The van der Waals surface area contributed by atoms with Crippen LogP contribution < -0.4 is 17.2 Å². The van der Waals surface area contributed by atoms with Crippen LogP contribution >= 0.6 is 46.9 Å². The largest absolute Gasteiger partial charge is 0.379 e. The van der Waals surface area contributed by atoms with E-state index in [9.17, 15) is 4.79 Å². The van der Waals surface area contributed by atoms with Gasteiger partial charge in [0.25, 0.3) is 5.91 Å². The molecule has 0 spiro atoms. The Morgan fingerprint density at radius 2 is 1.93 bits per heavy atom. The number of aliphatic imine (C=N–C) groups is 1. The maximum absolute atomic E-state index is 11.9. The van der Waals surface area contributed by atoms with E-state index >= 15 is 0 Å². The highest BCUT2D eigenvalue weighted by atomic mass is 35.5. The van der Waals surface area contributed by atoms with Crippen molar-refractivity contribution >= 4 is 68.2 Å². The fraction of sp³-hybridized carbons (Fsp3) is 0.375. The summed E-state index contributed by atoms with van der Waals surface area (Å²) in [5.74, 6) is 1.16. The van der Waals surface area contributed by atoms with Crippen LogP contribution in [0.3, 0.4) is 0 Å². The number of hydrogen-bond acceptors (Lipinski definition) is 7. The van der Waals surface area contributed by atoms with E-state index in [1.807, 2.05) is 0 Å². The van der Waals surface area contributed by atoms with Crippen LogP contribution in [-0.2, 0) is 11.2 Å². The first-order valence-electron chi connectivity index (χ1n) is 7.97. The molecular formula is C16H23ClN6OS3. The van der Waals surface area contributed by atoms with Gasteiger partial charge in [-0.1, -0.05) is 41.6 Å². The molecule has 0 heterocycles. The molecule has 1 atom stereocenters. The number of halogens is 1. The molecule has 8 N–H and O–H groups in total. The van der Waals surface area contributed by atoms with Crippen molar-refractivity contribution in [2.45, 2.75) is 24.6 Å².